The van der Waals surface area contributed by atoms with E-state index in [1.807, 2.05) is 20.9 Å². The summed E-state index contributed by atoms with van der Waals surface area (Å²) in [6.07, 6.45) is 1.88. The van der Waals surface area contributed by atoms with Crippen LogP contribution in [0.15, 0.2) is 30.5 Å². The molecule has 3 atom stereocenters. The van der Waals surface area contributed by atoms with E-state index in [2.05, 4.69) is 10.4 Å². The first kappa shape index (κ1) is 18.4. The molecule has 1 aliphatic heterocycles. The number of nitrogens with zero attached hydrogens (tertiary/aromatic N) is 2. The molecule has 1 amide bonds. The summed E-state index contributed by atoms with van der Waals surface area (Å²) in [6, 6.07) is 5.96. The molecule has 2 heterocycles. The Labute approximate surface area is 152 Å². The quantitative estimate of drug-likeness (QED) is 0.859. The van der Waals surface area contributed by atoms with E-state index in [1.165, 1.54) is 12.1 Å². The minimum Gasteiger partial charge on any atom is -0.489 e. The van der Waals surface area contributed by atoms with Gasteiger partial charge in [-0.15, -0.1) is 0 Å². The van der Waals surface area contributed by atoms with E-state index >= 15 is 0 Å². The summed E-state index contributed by atoms with van der Waals surface area (Å²) in [4.78, 5) is 12.6. The second kappa shape index (κ2) is 7.86. The van der Waals surface area contributed by atoms with Gasteiger partial charge in [0.25, 0.3) is 0 Å². The monoisotopic (exact) mass is 361 g/mol. The maximum absolute atomic E-state index is 13.2. The predicted octanol–water partition coefficient (Wildman–Crippen LogP) is 2.53. The molecular formula is C19H24FN3O3. The smallest absolute Gasteiger partial charge is 0.226 e. The number of aromatic nitrogens is 2. The fourth-order valence-corrected chi connectivity index (χ4v) is 3.15. The van der Waals surface area contributed by atoms with Gasteiger partial charge in [0.2, 0.25) is 5.91 Å². The first-order valence-corrected chi connectivity index (χ1v) is 8.75. The Morgan fingerprint density at radius 2 is 2.35 bits per heavy atom. The van der Waals surface area contributed by atoms with Crippen LogP contribution in [0.5, 0.6) is 5.75 Å². The molecule has 6 nitrogen and oxygen atoms in total. The van der Waals surface area contributed by atoms with Crippen LogP contribution in [0, 0.1) is 18.7 Å². The van der Waals surface area contributed by atoms with Gasteiger partial charge in [0.1, 0.15) is 17.7 Å². The molecule has 1 saturated heterocycles. The topological polar surface area (TPSA) is 65.4 Å². The third kappa shape index (κ3) is 4.04. The predicted molar refractivity (Wildman–Crippen MR) is 94.2 cm³/mol. The Balaban J connectivity index is 1.56. The molecule has 0 bridgehead atoms. The zero-order valence-corrected chi connectivity index (χ0v) is 15.2. The fourth-order valence-electron chi connectivity index (χ4n) is 3.15. The molecule has 3 rings (SSSR count). The first-order valence-electron chi connectivity index (χ1n) is 8.75. The lowest BCUT2D eigenvalue weighted by atomic mass is 9.95. The zero-order valence-electron chi connectivity index (χ0n) is 15.2. The van der Waals surface area contributed by atoms with Gasteiger partial charge in [-0.2, -0.15) is 5.10 Å². The number of carbonyl (C=O) groups is 1. The van der Waals surface area contributed by atoms with Crippen molar-refractivity contribution in [3.8, 4) is 5.75 Å². The summed E-state index contributed by atoms with van der Waals surface area (Å²) in [7, 11) is 1.87. The first-order chi connectivity index (χ1) is 12.5. The number of ether oxygens (including phenoxy) is 2. The molecule has 1 unspecified atom stereocenters. The molecule has 7 heteroatoms. The average Bonchev–Trinajstić information content (AvgIpc) is 3.20. The van der Waals surface area contributed by atoms with Crippen LogP contribution in [0.25, 0.3) is 0 Å². The number of amides is 1. The second-order valence-corrected chi connectivity index (χ2v) is 6.63. The highest BCUT2D eigenvalue weighted by Crippen LogP contribution is 2.36. The third-order valence-electron chi connectivity index (χ3n) is 4.71. The molecule has 0 aliphatic carbocycles. The Morgan fingerprint density at radius 3 is 3.04 bits per heavy atom. The molecule has 0 spiro atoms. The van der Waals surface area contributed by atoms with Crippen molar-refractivity contribution in [1.29, 1.82) is 0 Å². The molecule has 1 aromatic heterocycles. The molecular weight excluding hydrogens is 337 g/mol. The zero-order chi connectivity index (χ0) is 18.7. The van der Waals surface area contributed by atoms with Crippen LogP contribution in [0.4, 0.5) is 4.39 Å². The molecule has 2 aromatic rings. The van der Waals surface area contributed by atoms with E-state index in [4.69, 9.17) is 9.47 Å². The molecule has 1 aliphatic rings. The van der Waals surface area contributed by atoms with Crippen molar-refractivity contribution in [3.05, 3.63) is 47.5 Å². The van der Waals surface area contributed by atoms with Crippen molar-refractivity contribution < 1.29 is 18.7 Å². The maximum atomic E-state index is 13.2. The highest BCUT2D eigenvalue weighted by atomic mass is 19.1. The van der Waals surface area contributed by atoms with Crippen LogP contribution in [-0.2, 0) is 16.6 Å². The lowest BCUT2D eigenvalue weighted by Crippen LogP contribution is -2.38. The maximum Gasteiger partial charge on any atom is 0.226 e. The summed E-state index contributed by atoms with van der Waals surface area (Å²) >= 11 is 0. The van der Waals surface area contributed by atoms with Crippen LogP contribution in [0.1, 0.15) is 30.7 Å². The number of hydrogen-bond donors (Lipinski definition) is 1. The van der Waals surface area contributed by atoms with Crippen LogP contribution in [0.3, 0.4) is 0 Å². The van der Waals surface area contributed by atoms with Gasteiger partial charge in [0.05, 0.1) is 24.8 Å². The number of rotatable bonds is 6. The van der Waals surface area contributed by atoms with Crippen molar-refractivity contribution >= 4 is 5.91 Å². The normalized spacial score (nSPS) is 20.8. The molecule has 1 N–H and O–H groups in total. The number of aryl methyl sites for hydroxylation is 1. The van der Waals surface area contributed by atoms with Crippen molar-refractivity contribution in [2.24, 2.45) is 13.0 Å². The minimum atomic E-state index is -0.350. The van der Waals surface area contributed by atoms with Crippen molar-refractivity contribution in [3.63, 3.8) is 0 Å². The SMILES string of the molecule is Cc1c([C@H]2OCC[C@@H]2C(=O)NCC(C)Oc2cccc(F)c2)cnn1C. The summed E-state index contributed by atoms with van der Waals surface area (Å²) in [5, 5.41) is 7.16. The number of halogens is 1. The lowest BCUT2D eigenvalue weighted by molar-refractivity contribution is -0.127. The molecule has 1 fully saturated rings. The van der Waals surface area contributed by atoms with Crippen molar-refractivity contribution in [2.75, 3.05) is 13.2 Å². The van der Waals surface area contributed by atoms with E-state index in [0.717, 1.165) is 11.3 Å². The third-order valence-corrected chi connectivity index (χ3v) is 4.71. The number of carbonyl (C=O) groups excluding carboxylic acids is 1. The van der Waals surface area contributed by atoms with E-state index in [9.17, 15) is 9.18 Å². The summed E-state index contributed by atoms with van der Waals surface area (Å²) in [5.41, 5.74) is 1.95. The highest BCUT2D eigenvalue weighted by molar-refractivity contribution is 5.79. The van der Waals surface area contributed by atoms with Crippen LogP contribution in [-0.4, -0.2) is 34.9 Å². The average molecular weight is 361 g/mol. The van der Waals surface area contributed by atoms with Gasteiger partial charge >= 0.3 is 0 Å². The fraction of sp³-hybridized carbons (Fsp3) is 0.474. The van der Waals surface area contributed by atoms with Gasteiger partial charge in [-0.1, -0.05) is 6.07 Å². The van der Waals surface area contributed by atoms with Gasteiger partial charge in [-0.05, 0) is 32.4 Å². The van der Waals surface area contributed by atoms with E-state index in [1.54, 1.807) is 23.0 Å². The van der Waals surface area contributed by atoms with Gasteiger partial charge < -0.3 is 14.8 Å². The molecule has 140 valence electrons. The number of hydrogen-bond acceptors (Lipinski definition) is 4. The summed E-state index contributed by atoms with van der Waals surface area (Å²) < 4.78 is 26.4. The number of nitrogens with one attached hydrogen (secondary N) is 1. The summed E-state index contributed by atoms with van der Waals surface area (Å²) in [5.74, 6) is -0.221. The van der Waals surface area contributed by atoms with Crippen molar-refractivity contribution in [1.82, 2.24) is 15.1 Å². The molecule has 26 heavy (non-hydrogen) atoms. The van der Waals surface area contributed by atoms with Crippen LogP contribution < -0.4 is 10.1 Å². The Bertz CT molecular complexity index is 777. The molecule has 0 radical (unpaired) electrons. The van der Waals surface area contributed by atoms with Crippen LogP contribution >= 0.6 is 0 Å². The summed E-state index contributed by atoms with van der Waals surface area (Å²) in [6.45, 7) is 4.68. The van der Waals surface area contributed by atoms with Gasteiger partial charge in [0, 0.05) is 31.0 Å². The van der Waals surface area contributed by atoms with Gasteiger partial charge in [0.15, 0.2) is 0 Å². The van der Waals surface area contributed by atoms with E-state index < -0.39 is 0 Å². The van der Waals surface area contributed by atoms with E-state index in [0.29, 0.717) is 25.3 Å². The molecule has 1 aromatic carbocycles. The minimum absolute atomic E-state index is 0.0644. The van der Waals surface area contributed by atoms with Gasteiger partial charge in [-0.25, -0.2) is 4.39 Å². The van der Waals surface area contributed by atoms with Crippen LogP contribution in [0.2, 0.25) is 0 Å². The Hall–Kier alpha value is -2.41. The standard InChI is InChI=1S/C19H24FN3O3/c1-12(26-15-6-4-5-14(20)9-15)10-21-19(24)16-7-8-25-18(16)17-11-22-23(3)13(17)2/h4-6,9,11-12,16,18H,7-8,10H2,1-3H3,(H,21,24)/t12?,16-,18-/m0/s1. The lowest BCUT2D eigenvalue weighted by Gasteiger charge is -2.20. The molecule has 0 saturated carbocycles. The Kier molecular flexibility index (Phi) is 5.56. The van der Waals surface area contributed by atoms with Gasteiger partial charge in [-0.3, -0.25) is 9.48 Å². The number of benzene rings is 1. The highest BCUT2D eigenvalue weighted by Gasteiger charge is 2.37. The Morgan fingerprint density at radius 1 is 1.54 bits per heavy atom. The largest absolute Gasteiger partial charge is 0.489 e. The second-order valence-electron chi connectivity index (χ2n) is 6.63. The van der Waals surface area contributed by atoms with E-state index in [-0.39, 0.29) is 29.9 Å². The van der Waals surface area contributed by atoms with Crippen molar-refractivity contribution in [2.45, 2.75) is 32.5 Å².